The molecule has 0 aromatic heterocycles. The van der Waals surface area contributed by atoms with E-state index in [1.807, 2.05) is 49.4 Å². The number of nitrogens with one attached hydrogen (secondary N) is 1. The van der Waals surface area contributed by atoms with Crippen LogP contribution in [0.25, 0.3) is 0 Å². The SMILES string of the molecule is Cc1cccc(NC(=O)N2CCN(C(=O)COc3cccc(C(C)C)c3)CC2)c1. The molecule has 6 nitrogen and oxygen atoms in total. The van der Waals surface area contributed by atoms with Crippen LogP contribution in [-0.2, 0) is 4.79 Å². The summed E-state index contributed by atoms with van der Waals surface area (Å²) in [6.07, 6.45) is 0. The Labute approximate surface area is 172 Å². The highest BCUT2D eigenvalue weighted by atomic mass is 16.5. The molecule has 0 radical (unpaired) electrons. The molecule has 0 bridgehead atoms. The summed E-state index contributed by atoms with van der Waals surface area (Å²) >= 11 is 0. The Morgan fingerprint density at radius 1 is 1.00 bits per heavy atom. The standard InChI is InChI=1S/C23H29N3O3/c1-17(2)19-7-5-9-21(15-19)29-16-22(27)25-10-12-26(13-11-25)23(28)24-20-8-4-6-18(3)14-20/h4-9,14-15,17H,10-13,16H2,1-3H3,(H,24,28). The molecule has 6 heteroatoms. The van der Waals surface area contributed by atoms with Gasteiger partial charge in [-0.05, 0) is 48.2 Å². The van der Waals surface area contributed by atoms with E-state index in [0.29, 0.717) is 37.8 Å². The first-order valence-corrected chi connectivity index (χ1v) is 10.1. The van der Waals surface area contributed by atoms with Crippen LogP contribution in [0.2, 0.25) is 0 Å². The lowest BCUT2D eigenvalue weighted by molar-refractivity contribution is -0.134. The topological polar surface area (TPSA) is 61.9 Å². The van der Waals surface area contributed by atoms with E-state index < -0.39 is 0 Å². The van der Waals surface area contributed by atoms with E-state index in [2.05, 4.69) is 25.2 Å². The van der Waals surface area contributed by atoms with Gasteiger partial charge in [0.05, 0.1) is 0 Å². The fraction of sp³-hybridized carbons (Fsp3) is 0.391. The molecule has 1 aliphatic heterocycles. The molecule has 1 heterocycles. The second-order valence-corrected chi connectivity index (χ2v) is 7.68. The number of rotatable bonds is 5. The summed E-state index contributed by atoms with van der Waals surface area (Å²) in [6.45, 7) is 8.28. The van der Waals surface area contributed by atoms with Gasteiger partial charge in [0.15, 0.2) is 6.61 Å². The van der Waals surface area contributed by atoms with Crippen LogP contribution in [-0.4, -0.2) is 54.5 Å². The van der Waals surface area contributed by atoms with Crippen LogP contribution >= 0.6 is 0 Å². The number of amides is 3. The highest BCUT2D eigenvalue weighted by Gasteiger charge is 2.24. The molecule has 0 unspecified atom stereocenters. The molecular weight excluding hydrogens is 366 g/mol. The molecule has 1 saturated heterocycles. The Kier molecular flexibility index (Phi) is 6.75. The first-order chi connectivity index (χ1) is 13.9. The molecule has 1 aliphatic rings. The molecule has 1 fully saturated rings. The first-order valence-electron chi connectivity index (χ1n) is 10.1. The number of hydrogen-bond donors (Lipinski definition) is 1. The van der Waals surface area contributed by atoms with E-state index in [0.717, 1.165) is 11.3 Å². The number of urea groups is 1. The minimum Gasteiger partial charge on any atom is -0.484 e. The zero-order valence-electron chi connectivity index (χ0n) is 17.4. The Balaban J connectivity index is 1.45. The average Bonchev–Trinajstić information content (AvgIpc) is 2.72. The third-order valence-corrected chi connectivity index (χ3v) is 5.08. The van der Waals surface area contributed by atoms with Gasteiger partial charge in [-0.2, -0.15) is 0 Å². The first kappa shape index (κ1) is 20.7. The summed E-state index contributed by atoms with van der Waals surface area (Å²) in [7, 11) is 0. The van der Waals surface area contributed by atoms with Gasteiger partial charge in [0.25, 0.3) is 5.91 Å². The number of hydrogen-bond acceptors (Lipinski definition) is 3. The molecule has 0 atom stereocenters. The Morgan fingerprint density at radius 3 is 2.38 bits per heavy atom. The molecule has 154 valence electrons. The summed E-state index contributed by atoms with van der Waals surface area (Å²) in [5.41, 5.74) is 3.06. The summed E-state index contributed by atoms with van der Waals surface area (Å²) in [6, 6.07) is 15.4. The lowest BCUT2D eigenvalue weighted by Gasteiger charge is -2.34. The van der Waals surface area contributed by atoms with Crippen molar-refractivity contribution < 1.29 is 14.3 Å². The van der Waals surface area contributed by atoms with Gasteiger partial charge in [0, 0.05) is 31.9 Å². The van der Waals surface area contributed by atoms with Gasteiger partial charge in [-0.25, -0.2) is 4.79 Å². The fourth-order valence-corrected chi connectivity index (χ4v) is 3.28. The summed E-state index contributed by atoms with van der Waals surface area (Å²) in [5.74, 6) is 1.06. The Morgan fingerprint density at radius 2 is 1.69 bits per heavy atom. The molecule has 0 spiro atoms. The van der Waals surface area contributed by atoms with Gasteiger partial charge >= 0.3 is 6.03 Å². The predicted octanol–water partition coefficient (Wildman–Crippen LogP) is 3.87. The van der Waals surface area contributed by atoms with Crippen molar-refractivity contribution in [2.24, 2.45) is 0 Å². The van der Waals surface area contributed by atoms with Gasteiger partial charge in [0.2, 0.25) is 0 Å². The Bertz CT molecular complexity index is 858. The van der Waals surface area contributed by atoms with Gasteiger partial charge in [-0.1, -0.05) is 38.1 Å². The molecule has 2 aromatic rings. The van der Waals surface area contributed by atoms with E-state index in [-0.39, 0.29) is 18.5 Å². The molecule has 3 rings (SSSR count). The number of ether oxygens (including phenoxy) is 1. The van der Waals surface area contributed by atoms with E-state index in [1.165, 1.54) is 5.56 Å². The average molecular weight is 396 g/mol. The second kappa shape index (κ2) is 9.45. The maximum Gasteiger partial charge on any atom is 0.321 e. The quantitative estimate of drug-likeness (QED) is 0.836. The van der Waals surface area contributed by atoms with Gasteiger partial charge in [-0.15, -0.1) is 0 Å². The number of carbonyl (C=O) groups excluding carboxylic acids is 2. The van der Waals surface area contributed by atoms with Crippen molar-refractivity contribution in [3.63, 3.8) is 0 Å². The van der Waals surface area contributed by atoms with E-state index in [9.17, 15) is 9.59 Å². The number of anilines is 1. The monoisotopic (exact) mass is 395 g/mol. The molecule has 0 saturated carbocycles. The van der Waals surface area contributed by atoms with Crippen molar-refractivity contribution in [1.29, 1.82) is 0 Å². The molecule has 3 amide bonds. The Hall–Kier alpha value is -3.02. The van der Waals surface area contributed by atoms with E-state index in [1.54, 1.807) is 9.80 Å². The van der Waals surface area contributed by atoms with Crippen molar-refractivity contribution in [1.82, 2.24) is 9.80 Å². The highest BCUT2D eigenvalue weighted by Crippen LogP contribution is 2.20. The van der Waals surface area contributed by atoms with Crippen molar-refractivity contribution in [3.8, 4) is 5.75 Å². The molecule has 0 aliphatic carbocycles. The summed E-state index contributed by atoms with van der Waals surface area (Å²) < 4.78 is 5.69. The van der Waals surface area contributed by atoms with Crippen LogP contribution in [0, 0.1) is 6.92 Å². The number of nitrogens with zero attached hydrogens (tertiary/aromatic N) is 2. The van der Waals surface area contributed by atoms with Crippen molar-refractivity contribution in [2.45, 2.75) is 26.7 Å². The van der Waals surface area contributed by atoms with Gasteiger partial charge in [0.1, 0.15) is 5.75 Å². The normalized spacial score (nSPS) is 14.1. The maximum atomic E-state index is 12.5. The van der Waals surface area contributed by atoms with Crippen LogP contribution in [0.15, 0.2) is 48.5 Å². The smallest absolute Gasteiger partial charge is 0.321 e. The third kappa shape index (κ3) is 5.73. The fourth-order valence-electron chi connectivity index (χ4n) is 3.28. The van der Waals surface area contributed by atoms with Crippen molar-refractivity contribution in [3.05, 3.63) is 59.7 Å². The maximum absolute atomic E-state index is 12.5. The van der Waals surface area contributed by atoms with Gasteiger partial charge in [-0.3, -0.25) is 4.79 Å². The van der Waals surface area contributed by atoms with Crippen LogP contribution in [0.1, 0.15) is 30.9 Å². The van der Waals surface area contributed by atoms with Crippen LogP contribution in [0.4, 0.5) is 10.5 Å². The van der Waals surface area contributed by atoms with Crippen molar-refractivity contribution >= 4 is 17.6 Å². The highest BCUT2D eigenvalue weighted by molar-refractivity contribution is 5.89. The van der Waals surface area contributed by atoms with Crippen molar-refractivity contribution in [2.75, 3.05) is 38.1 Å². The minimum absolute atomic E-state index is 0.0109. The molecular formula is C23H29N3O3. The molecule has 29 heavy (non-hydrogen) atoms. The largest absolute Gasteiger partial charge is 0.484 e. The number of piperazine rings is 1. The third-order valence-electron chi connectivity index (χ3n) is 5.08. The van der Waals surface area contributed by atoms with Crippen LogP contribution in [0.5, 0.6) is 5.75 Å². The van der Waals surface area contributed by atoms with E-state index in [4.69, 9.17) is 4.74 Å². The predicted molar refractivity (Wildman–Crippen MR) is 114 cm³/mol. The second-order valence-electron chi connectivity index (χ2n) is 7.68. The zero-order chi connectivity index (χ0) is 20.8. The lowest BCUT2D eigenvalue weighted by atomic mass is 10.0. The van der Waals surface area contributed by atoms with Crippen LogP contribution < -0.4 is 10.1 Å². The molecule has 2 aromatic carbocycles. The van der Waals surface area contributed by atoms with Gasteiger partial charge < -0.3 is 19.9 Å². The number of aryl methyl sites for hydroxylation is 1. The van der Waals surface area contributed by atoms with E-state index >= 15 is 0 Å². The summed E-state index contributed by atoms with van der Waals surface area (Å²) in [5, 5.41) is 2.92. The number of carbonyl (C=O) groups is 2. The zero-order valence-corrected chi connectivity index (χ0v) is 17.4. The minimum atomic E-state index is -0.135. The lowest BCUT2D eigenvalue weighted by Crippen LogP contribution is -2.52. The molecule has 1 N–H and O–H groups in total. The number of benzene rings is 2. The summed E-state index contributed by atoms with van der Waals surface area (Å²) in [4.78, 5) is 28.4. The van der Waals surface area contributed by atoms with Crippen LogP contribution in [0.3, 0.4) is 0 Å².